The maximum Gasteiger partial charge on any atom is 0.127 e. The van der Waals surface area contributed by atoms with Crippen LogP contribution in [0.1, 0.15) is 181 Å². The van der Waals surface area contributed by atoms with E-state index in [4.69, 9.17) is 9.72 Å². The molecule has 9 aliphatic rings. The Labute approximate surface area is 426 Å². The average Bonchev–Trinajstić information content (AvgIpc) is 3.30. The SMILES string of the molecule is CC(C)C1CC[C@@H](C)C[C@H]1Oc1cc(-c2ccccc2-c2cc(C(C)(C)C)cc(C34CC5CC(CC(C5)C3)C4)c2O)nc(-c2ccccc2-c2cc(C(C)(C)C)cc(C34CC5CC(CC(C5)C3)C4)c2O)c1. The number of hydrogen-bond donors (Lipinski definition) is 2. The van der Waals surface area contributed by atoms with Crippen molar-refractivity contribution in [3.05, 3.63) is 107 Å². The van der Waals surface area contributed by atoms with E-state index < -0.39 is 0 Å². The number of nitrogens with zero attached hydrogens (tertiary/aromatic N) is 1. The van der Waals surface area contributed by atoms with Crippen molar-refractivity contribution in [2.75, 3.05) is 0 Å². The lowest BCUT2D eigenvalue weighted by Gasteiger charge is -2.57. The van der Waals surface area contributed by atoms with Gasteiger partial charge in [0.05, 0.1) is 11.4 Å². The number of phenolic OH excluding ortho intramolecular Hbond substituents is 2. The molecule has 9 saturated carbocycles. The quantitative estimate of drug-likeness (QED) is 0.155. The minimum atomic E-state index is -0.104. The van der Waals surface area contributed by atoms with Crippen molar-refractivity contribution in [3.8, 4) is 62.0 Å². The summed E-state index contributed by atoms with van der Waals surface area (Å²) in [7, 11) is 0. The molecular formula is C67H83NO3. The van der Waals surface area contributed by atoms with Crippen LogP contribution in [-0.2, 0) is 21.7 Å². The van der Waals surface area contributed by atoms with Gasteiger partial charge in [-0.2, -0.15) is 0 Å². The van der Waals surface area contributed by atoms with Crippen LogP contribution in [0.4, 0.5) is 0 Å². The van der Waals surface area contributed by atoms with Crippen LogP contribution >= 0.6 is 0 Å². The lowest BCUT2D eigenvalue weighted by Crippen LogP contribution is -2.48. The lowest BCUT2D eigenvalue weighted by atomic mass is 9.47. The molecule has 2 N–H and O–H groups in total. The van der Waals surface area contributed by atoms with Gasteiger partial charge in [0.25, 0.3) is 0 Å². The van der Waals surface area contributed by atoms with Crippen molar-refractivity contribution in [2.24, 2.45) is 53.3 Å². The van der Waals surface area contributed by atoms with Crippen LogP contribution < -0.4 is 4.74 Å². The topological polar surface area (TPSA) is 62.6 Å². The third kappa shape index (κ3) is 8.46. The first-order valence-corrected chi connectivity index (χ1v) is 28.5. The third-order valence-electron chi connectivity index (χ3n) is 20.2. The summed E-state index contributed by atoms with van der Waals surface area (Å²) >= 11 is 0. The second-order valence-corrected chi connectivity index (χ2v) is 27.9. The summed E-state index contributed by atoms with van der Waals surface area (Å²) in [5.41, 5.74) is 12.3. The van der Waals surface area contributed by atoms with Crippen LogP contribution in [0.5, 0.6) is 17.2 Å². The molecule has 0 saturated heterocycles. The lowest BCUT2D eigenvalue weighted by molar-refractivity contribution is -0.00631. The number of pyridine rings is 1. The van der Waals surface area contributed by atoms with E-state index in [1.54, 1.807) is 0 Å². The fraction of sp³-hybridized carbons (Fsp3) is 0.567. The standard InChI is InChI=1S/C67H83NO3/c1-39(2)50-19-18-40(3)20-61(50)71-49-31-59(53-16-12-10-14-51(53)55-27-47(64(4,5)6)29-57(62(55)69)66-33-41-21-42(34-66)23-43(22-41)35-66)68-60(32-49)54-17-13-11-15-52(54)56-28-48(65(7,8)9)30-58(63(56)70)67-36-44-24-45(37-67)26-46(25-44)38-67/h10-17,27-32,39-46,50,61,69-70H,18-26,33-38H2,1-9H3/t40-,41?,42?,43?,44?,45?,46?,50?,61-,66?,67?/m1/s1. The molecule has 8 bridgehead atoms. The van der Waals surface area contributed by atoms with Crippen molar-refractivity contribution < 1.29 is 14.9 Å². The normalized spacial score (nSPS) is 31.9. The minimum absolute atomic E-state index is 0.0299. The van der Waals surface area contributed by atoms with Gasteiger partial charge in [-0.25, -0.2) is 4.98 Å². The molecule has 1 aromatic heterocycles. The van der Waals surface area contributed by atoms with Gasteiger partial charge in [-0.05, 0) is 199 Å². The Morgan fingerprint density at radius 2 is 0.887 bits per heavy atom. The Hall–Kier alpha value is -4.57. The molecular weight excluding hydrogens is 867 g/mol. The van der Waals surface area contributed by atoms with Gasteiger partial charge in [0.2, 0.25) is 0 Å². The monoisotopic (exact) mass is 950 g/mol. The Balaban J connectivity index is 1.03. The Bertz CT molecular complexity index is 2610. The number of rotatable bonds is 9. The minimum Gasteiger partial charge on any atom is -0.507 e. The van der Waals surface area contributed by atoms with Crippen molar-refractivity contribution in [1.82, 2.24) is 4.98 Å². The molecule has 0 radical (unpaired) electrons. The first kappa shape index (κ1) is 47.4. The van der Waals surface area contributed by atoms with Crippen molar-refractivity contribution in [1.29, 1.82) is 0 Å². The second-order valence-electron chi connectivity index (χ2n) is 27.9. The van der Waals surface area contributed by atoms with Crippen LogP contribution in [0.25, 0.3) is 44.8 Å². The van der Waals surface area contributed by atoms with Crippen LogP contribution in [-0.4, -0.2) is 21.3 Å². The summed E-state index contributed by atoms with van der Waals surface area (Å²) in [5, 5.41) is 25.9. The van der Waals surface area contributed by atoms with Gasteiger partial charge in [0, 0.05) is 45.5 Å². The van der Waals surface area contributed by atoms with Crippen LogP contribution in [0, 0.1) is 53.3 Å². The van der Waals surface area contributed by atoms with Gasteiger partial charge < -0.3 is 14.9 Å². The zero-order chi connectivity index (χ0) is 49.4. The Kier molecular flexibility index (Phi) is 11.5. The van der Waals surface area contributed by atoms with Crippen molar-refractivity contribution >= 4 is 0 Å². The molecule has 9 fully saturated rings. The number of benzene rings is 4. The van der Waals surface area contributed by atoms with Gasteiger partial charge in [-0.15, -0.1) is 0 Å². The number of phenols is 2. The zero-order valence-electron chi connectivity index (χ0n) is 44.7. The van der Waals surface area contributed by atoms with Gasteiger partial charge in [0.1, 0.15) is 23.4 Å². The fourth-order valence-corrected chi connectivity index (χ4v) is 17.4. The van der Waals surface area contributed by atoms with E-state index >= 15 is 0 Å². The van der Waals surface area contributed by atoms with E-state index in [1.807, 2.05) is 0 Å². The molecule has 71 heavy (non-hydrogen) atoms. The highest BCUT2D eigenvalue weighted by Crippen LogP contribution is 2.65. The molecule has 4 nitrogen and oxygen atoms in total. The van der Waals surface area contributed by atoms with E-state index in [9.17, 15) is 10.2 Å². The van der Waals surface area contributed by atoms with Crippen LogP contribution in [0.2, 0.25) is 0 Å². The highest BCUT2D eigenvalue weighted by molar-refractivity contribution is 5.90. The number of aromatic nitrogens is 1. The van der Waals surface area contributed by atoms with Gasteiger partial charge in [-0.1, -0.05) is 129 Å². The molecule has 374 valence electrons. The van der Waals surface area contributed by atoms with E-state index in [-0.39, 0.29) is 27.8 Å². The number of aromatic hydroxyl groups is 2. The molecule has 1 heterocycles. The summed E-state index contributed by atoms with van der Waals surface area (Å²) in [4.78, 5) is 5.72. The molecule has 3 atom stereocenters. The van der Waals surface area contributed by atoms with Crippen LogP contribution in [0.3, 0.4) is 0 Å². The van der Waals surface area contributed by atoms with Gasteiger partial charge >= 0.3 is 0 Å². The van der Waals surface area contributed by atoms with Crippen LogP contribution in [0.15, 0.2) is 84.9 Å². The van der Waals surface area contributed by atoms with Gasteiger partial charge in [-0.3, -0.25) is 0 Å². The average molecular weight is 950 g/mol. The predicted octanol–water partition coefficient (Wildman–Crippen LogP) is 17.5. The number of hydrogen-bond acceptors (Lipinski definition) is 4. The molecule has 14 rings (SSSR count). The smallest absolute Gasteiger partial charge is 0.127 e. The summed E-state index contributed by atoms with van der Waals surface area (Å²) < 4.78 is 7.37. The molecule has 0 amide bonds. The first-order chi connectivity index (χ1) is 33.8. The highest BCUT2D eigenvalue weighted by atomic mass is 16.5. The van der Waals surface area contributed by atoms with Crippen molar-refractivity contribution in [3.63, 3.8) is 0 Å². The molecule has 1 unspecified atom stereocenters. The Morgan fingerprint density at radius 3 is 1.25 bits per heavy atom. The second kappa shape index (κ2) is 17.3. The largest absolute Gasteiger partial charge is 0.507 e. The van der Waals surface area contributed by atoms with Gasteiger partial charge in [0.15, 0.2) is 0 Å². The first-order valence-electron chi connectivity index (χ1n) is 28.5. The van der Waals surface area contributed by atoms with E-state index in [0.29, 0.717) is 29.3 Å². The molecule has 9 aliphatic carbocycles. The summed E-state index contributed by atoms with van der Waals surface area (Å²) in [6, 6.07) is 31.1. The maximum absolute atomic E-state index is 13.0. The Morgan fingerprint density at radius 1 is 0.507 bits per heavy atom. The zero-order valence-corrected chi connectivity index (χ0v) is 44.7. The maximum atomic E-state index is 13.0. The third-order valence-corrected chi connectivity index (χ3v) is 20.2. The predicted molar refractivity (Wildman–Crippen MR) is 292 cm³/mol. The van der Waals surface area contributed by atoms with E-state index in [1.165, 1.54) is 112 Å². The summed E-state index contributed by atoms with van der Waals surface area (Å²) in [6.45, 7) is 21.0. The van der Waals surface area contributed by atoms with E-state index in [0.717, 1.165) is 92.4 Å². The molecule has 0 aliphatic heterocycles. The van der Waals surface area contributed by atoms with Crippen molar-refractivity contribution in [2.45, 2.75) is 186 Å². The summed E-state index contributed by atoms with van der Waals surface area (Å²) in [6.07, 6.45) is 18.9. The molecule has 4 heteroatoms. The highest BCUT2D eigenvalue weighted by Gasteiger charge is 2.54. The molecule has 0 spiro atoms. The molecule has 4 aromatic carbocycles. The molecule has 5 aromatic rings. The fourth-order valence-electron chi connectivity index (χ4n) is 17.4. The number of ether oxygens (including phenoxy) is 1. The summed E-state index contributed by atoms with van der Waals surface area (Å²) in [5.74, 6) is 7.96. The van der Waals surface area contributed by atoms with E-state index in [2.05, 4.69) is 147 Å².